The Morgan fingerprint density at radius 1 is 0.973 bits per heavy atom. The van der Waals surface area contributed by atoms with E-state index in [1.54, 1.807) is 0 Å². The van der Waals surface area contributed by atoms with Crippen LogP contribution in [0.1, 0.15) is 29.0 Å². The summed E-state index contributed by atoms with van der Waals surface area (Å²) in [4.78, 5) is 6.96. The molecule has 190 valence electrons. The molecule has 1 heterocycles. The van der Waals surface area contributed by atoms with Gasteiger partial charge in [0.15, 0.2) is 0 Å². The predicted octanol–water partition coefficient (Wildman–Crippen LogP) is 6.84. The Bertz CT molecular complexity index is 1270. The maximum absolute atomic E-state index is 9.14. The van der Waals surface area contributed by atoms with Gasteiger partial charge in [-0.2, -0.15) is 5.26 Å². The van der Waals surface area contributed by atoms with Crippen molar-refractivity contribution in [1.29, 1.82) is 5.26 Å². The molecule has 1 atom stereocenters. The van der Waals surface area contributed by atoms with E-state index in [2.05, 4.69) is 40.2 Å². The first-order chi connectivity index (χ1) is 18.2. The highest BCUT2D eigenvalue weighted by atomic mass is 35.5. The summed E-state index contributed by atoms with van der Waals surface area (Å²) in [5, 5.41) is 9.14. The largest absolute Gasteiger partial charge is 0.493 e. The highest BCUT2D eigenvalue weighted by molar-refractivity contribution is 6.18. The molecular weight excluding hydrogens is 482 g/mol. The van der Waals surface area contributed by atoms with Gasteiger partial charge in [-0.3, -0.25) is 4.90 Å². The fourth-order valence-electron chi connectivity index (χ4n) is 4.31. The smallest absolute Gasteiger partial charge is 0.226 e. The monoisotopic (exact) mass is 513 g/mol. The van der Waals surface area contributed by atoms with Crippen molar-refractivity contribution < 1.29 is 9.15 Å². The number of aryl methyl sites for hydroxylation is 1. The van der Waals surface area contributed by atoms with Crippen LogP contribution in [0.5, 0.6) is 5.75 Å². The first-order valence-corrected chi connectivity index (χ1v) is 13.1. The van der Waals surface area contributed by atoms with Gasteiger partial charge in [0.25, 0.3) is 0 Å². The van der Waals surface area contributed by atoms with Gasteiger partial charge < -0.3 is 9.15 Å². The highest BCUT2D eigenvalue weighted by Gasteiger charge is 2.19. The van der Waals surface area contributed by atoms with E-state index < -0.39 is 0 Å². The predicted molar refractivity (Wildman–Crippen MR) is 148 cm³/mol. The Morgan fingerprint density at radius 2 is 1.68 bits per heavy atom. The minimum atomic E-state index is 0.135. The first kappa shape index (κ1) is 26.5. The van der Waals surface area contributed by atoms with Crippen molar-refractivity contribution in [3.05, 3.63) is 108 Å². The summed E-state index contributed by atoms with van der Waals surface area (Å²) in [7, 11) is 0. The Morgan fingerprint density at radius 3 is 2.35 bits per heavy atom. The van der Waals surface area contributed by atoms with Crippen molar-refractivity contribution >= 4 is 11.6 Å². The van der Waals surface area contributed by atoms with Crippen LogP contribution < -0.4 is 4.74 Å². The Hall–Kier alpha value is -3.59. The van der Waals surface area contributed by atoms with Gasteiger partial charge in [-0.05, 0) is 48.7 Å². The molecule has 0 bridgehead atoms. The molecule has 0 aliphatic heterocycles. The average Bonchev–Trinajstić information content (AvgIpc) is 3.32. The second-order valence-corrected chi connectivity index (χ2v) is 9.32. The van der Waals surface area contributed by atoms with Crippen LogP contribution in [0, 0.1) is 18.3 Å². The average molecular weight is 514 g/mol. The third-order valence-electron chi connectivity index (χ3n) is 6.35. The van der Waals surface area contributed by atoms with Crippen LogP contribution in [-0.2, 0) is 19.4 Å². The van der Waals surface area contributed by atoms with Crippen molar-refractivity contribution in [1.82, 2.24) is 9.88 Å². The summed E-state index contributed by atoms with van der Waals surface area (Å²) in [6, 6.07) is 30.8. The molecule has 0 fully saturated rings. The molecule has 0 saturated carbocycles. The van der Waals surface area contributed by atoms with Gasteiger partial charge in [0.1, 0.15) is 11.5 Å². The SMILES string of the molecule is Cc1oc(-c2ccccc2)nc1CCOc1ccc(C[C@@H](CCl)N(CCC#N)Cc2ccccc2)cc1. The molecule has 0 spiro atoms. The number of aromatic nitrogens is 1. The lowest BCUT2D eigenvalue weighted by molar-refractivity contribution is 0.205. The van der Waals surface area contributed by atoms with Gasteiger partial charge >= 0.3 is 0 Å². The first-order valence-electron chi connectivity index (χ1n) is 12.6. The number of hydrogen-bond donors (Lipinski definition) is 0. The lowest BCUT2D eigenvalue weighted by atomic mass is 10.0. The number of nitrogens with zero attached hydrogens (tertiary/aromatic N) is 3. The molecule has 1 aromatic heterocycles. The second kappa shape index (κ2) is 13.6. The lowest BCUT2D eigenvalue weighted by Gasteiger charge is -2.30. The molecule has 3 aromatic carbocycles. The molecule has 0 radical (unpaired) electrons. The molecule has 0 aliphatic rings. The highest BCUT2D eigenvalue weighted by Crippen LogP contribution is 2.22. The molecule has 4 aromatic rings. The maximum Gasteiger partial charge on any atom is 0.226 e. The third kappa shape index (κ3) is 7.69. The van der Waals surface area contributed by atoms with E-state index in [1.807, 2.05) is 67.6 Å². The minimum Gasteiger partial charge on any atom is -0.493 e. The third-order valence-corrected chi connectivity index (χ3v) is 6.71. The topological polar surface area (TPSA) is 62.3 Å². The van der Waals surface area contributed by atoms with Crippen molar-refractivity contribution in [2.24, 2.45) is 0 Å². The van der Waals surface area contributed by atoms with E-state index in [0.717, 1.165) is 35.7 Å². The van der Waals surface area contributed by atoms with Crippen molar-refractivity contribution in [3.8, 4) is 23.3 Å². The second-order valence-electron chi connectivity index (χ2n) is 9.01. The molecule has 0 unspecified atom stereocenters. The normalized spacial score (nSPS) is 11.8. The van der Waals surface area contributed by atoms with Crippen LogP contribution in [-0.4, -0.2) is 35.0 Å². The van der Waals surface area contributed by atoms with Crippen LogP contribution in [0.15, 0.2) is 89.3 Å². The molecule has 6 heteroatoms. The Balaban J connectivity index is 1.32. The van der Waals surface area contributed by atoms with E-state index in [-0.39, 0.29) is 6.04 Å². The maximum atomic E-state index is 9.14. The van der Waals surface area contributed by atoms with Gasteiger partial charge in [-0.1, -0.05) is 60.7 Å². The molecular formula is C31H32ClN3O2. The van der Waals surface area contributed by atoms with E-state index in [4.69, 9.17) is 26.0 Å². The zero-order valence-electron chi connectivity index (χ0n) is 21.1. The van der Waals surface area contributed by atoms with Crippen LogP contribution in [0.4, 0.5) is 0 Å². The summed E-state index contributed by atoms with van der Waals surface area (Å²) in [6.45, 7) is 3.92. The van der Waals surface area contributed by atoms with E-state index in [1.165, 1.54) is 11.1 Å². The van der Waals surface area contributed by atoms with Gasteiger partial charge in [-0.15, -0.1) is 11.6 Å². The number of oxazole rings is 1. The number of alkyl halides is 1. The van der Waals surface area contributed by atoms with Gasteiger partial charge in [0.05, 0.1) is 18.4 Å². The summed E-state index contributed by atoms with van der Waals surface area (Å²) in [6.07, 6.45) is 1.96. The van der Waals surface area contributed by atoms with Crippen LogP contribution in [0.3, 0.4) is 0 Å². The summed E-state index contributed by atoms with van der Waals surface area (Å²) in [5.74, 6) is 2.78. The molecule has 0 N–H and O–H groups in total. The van der Waals surface area contributed by atoms with Crippen LogP contribution in [0.25, 0.3) is 11.5 Å². The van der Waals surface area contributed by atoms with Crippen LogP contribution in [0.2, 0.25) is 0 Å². The molecule has 0 amide bonds. The van der Waals surface area contributed by atoms with Gasteiger partial charge in [-0.25, -0.2) is 4.98 Å². The summed E-state index contributed by atoms with van der Waals surface area (Å²) < 4.78 is 11.8. The van der Waals surface area contributed by atoms with E-state index in [0.29, 0.717) is 37.8 Å². The quantitative estimate of drug-likeness (QED) is 0.183. The number of halogens is 1. The van der Waals surface area contributed by atoms with Crippen LogP contribution >= 0.6 is 11.6 Å². The van der Waals surface area contributed by atoms with Crippen molar-refractivity contribution in [2.75, 3.05) is 19.0 Å². The Labute approximate surface area is 224 Å². The fourth-order valence-corrected chi connectivity index (χ4v) is 4.61. The molecule has 5 nitrogen and oxygen atoms in total. The summed E-state index contributed by atoms with van der Waals surface area (Å²) >= 11 is 6.41. The van der Waals surface area contributed by atoms with E-state index in [9.17, 15) is 0 Å². The Kier molecular flexibility index (Phi) is 9.76. The lowest BCUT2D eigenvalue weighted by Crippen LogP contribution is -2.38. The number of hydrogen-bond acceptors (Lipinski definition) is 5. The number of nitriles is 1. The molecule has 0 aliphatic carbocycles. The van der Waals surface area contributed by atoms with Gasteiger partial charge in [0.2, 0.25) is 5.89 Å². The summed E-state index contributed by atoms with van der Waals surface area (Å²) in [5.41, 5.74) is 4.29. The van der Waals surface area contributed by atoms with E-state index >= 15 is 0 Å². The van der Waals surface area contributed by atoms with Crippen molar-refractivity contribution in [3.63, 3.8) is 0 Å². The molecule has 4 rings (SSSR count). The molecule has 37 heavy (non-hydrogen) atoms. The minimum absolute atomic E-state index is 0.135. The zero-order valence-corrected chi connectivity index (χ0v) is 21.9. The zero-order chi connectivity index (χ0) is 25.9. The number of benzene rings is 3. The molecule has 0 saturated heterocycles. The standard InChI is InChI=1S/C31H32ClN3O2/c1-24-30(34-31(37-24)27-11-6-3-7-12-27)17-20-36-29-15-13-25(14-16-29)21-28(22-32)35(19-8-18-33)23-26-9-4-2-5-10-26/h2-7,9-16,28H,8,17,19-23H2,1H3/t28-/m0/s1. The van der Waals surface area contributed by atoms with Gasteiger partial charge in [0, 0.05) is 43.4 Å². The number of ether oxygens (including phenoxy) is 1. The number of rotatable bonds is 13. The van der Waals surface area contributed by atoms with Crippen molar-refractivity contribution in [2.45, 2.75) is 38.8 Å². The fraction of sp³-hybridized carbons (Fsp3) is 0.290.